The van der Waals surface area contributed by atoms with E-state index in [9.17, 15) is 0 Å². The van der Waals surface area contributed by atoms with Crippen LogP contribution < -0.4 is 5.32 Å². The van der Waals surface area contributed by atoms with Crippen molar-refractivity contribution in [2.24, 2.45) is 5.92 Å². The summed E-state index contributed by atoms with van der Waals surface area (Å²) < 4.78 is 0. The predicted molar refractivity (Wildman–Crippen MR) is 71.8 cm³/mol. The molecule has 1 aromatic carbocycles. The summed E-state index contributed by atoms with van der Waals surface area (Å²) in [5.74, 6) is 0.746. The molecule has 0 aromatic heterocycles. The molecule has 0 fully saturated rings. The molecule has 2 atom stereocenters. The topological polar surface area (TPSA) is 12.0 Å². The minimum absolute atomic E-state index is 0.629. The van der Waals surface area contributed by atoms with E-state index in [4.69, 9.17) is 0 Å². The van der Waals surface area contributed by atoms with Crippen molar-refractivity contribution in [1.29, 1.82) is 0 Å². The number of rotatable bonds is 6. The van der Waals surface area contributed by atoms with E-state index in [1.54, 1.807) is 0 Å². The van der Waals surface area contributed by atoms with Crippen LogP contribution in [-0.2, 0) is 6.42 Å². The maximum atomic E-state index is 3.47. The average molecular weight is 219 g/mol. The van der Waals surface area contributed by atoms with E-state index in [0.717, 1.165) is 12.5 Å². The highest BCUT2D eigenvalue weighted by Crippen LogP contribution is 2.14. The molecule has 1 nitrogen and oxygen atoms in total. The van der Waals surface area contributed by atoms with Crippen LogP contribution in [0.4, 0.5) is 0 Å². The van der Waals surface area contributed by atoms with Crippen molar-refractivity contribution in [1.82, 2.24) is 5.32 Å². The van der Waals surface area contributed by atoms with Crippen LogP contribution in [0.1, 0.15) is 38.3 Å². The van der Waals surface area contributed by atoms with Gasteiger partial charge in [-0.1, -0.05) is 43.7 Å². The van der Waals surface area contributed by atoms with Crippen LogP contribution >= 0.6 is 0 Å². The van der Waals surface area contributed by atoms with E-state index in [-0.39, 0.29) is 0 Å². The monoisotopic (exact) mass is 219 g/mol. The second-order valence-electron chi connectivity index (χ2n) is 4.99. The second-order valence-corrected chi connectivity index (χ2v) is 4.99. The first-order chi connectivity index (χ1) is 7.61. The minimum atomic E-state index is 0.629. The molecule has 0 amide bonds. The lowest BCUT2D eigenvalue weighted by Gasteiger charge is -2.18. The van der Waals surface area contributed by atoms with Gasteiger partial charge in [-0.2, -0.15) is 0 Å². The van der Waals surface area contributed by atoms with Gasteiger partial charge in [0.25, 0.3) is 0 Å². The number of aryl methyl sites for hydroxylation is 1. The van der Waals surface area contributed by atoms with Crippen molar-refractivity contribution >= 4 is 0 Å². The third-order valence-electron chi connectivity index (χ3n) is 2.98. The van der Waals surface area contributed by atoms with Gasteiger partial charge in [0.1, 0.15) is 0 Å². The molecule has 0 saturated heterocycles. The lowest BCUT2D eigenvalue weighted by molar-refractivity contribution is 0.426. The summed E-state index contributed by atoms with van der Waals surface area (Å²) in [6, 6.07) is 9.49. The van der Waals surface area contributed by atoms with Crippen LogP contribution in [0.15, 0.2) is 24.3 Å². The van der Waals surface area contributed by atoms with Crippen LogP contribution in [0, 0.1) is 12.8 Å². The van der Waals surface area contributed by atoms with Crippen molar-refractivity contribution in [3.8, 4) is 0 Å². The van der Waals surface area contributed by atoms with Gasteiger partial charge in [0, 0.05) is 6.04 Å². The van der Waals surface area contributed by atoms with Crippen molar-refractivity contribution < 1.29 is 0 Å². The van der Waals surface area contributed by atoms with Gasteiger partial charge in [-0.3, -0.25) is 0 Å². The quantitative estimate of drug-likeness (QED) is 0.771. The third kappa shape index (κ3) is 4.80. The predicted octanol–water partition coefficient (Wildman–Crippen LogP) is 3.56. The van der Waals surface area contributed by atoms with E-state index in [2.05, 4.69) is 57.3 Å². The van der Waals surface area contributed by atoms with E-state index in [1.165, 1.54) is 24.0 Å². The zero-order valence-corrected chi connectivity index (χ0v) is 11.1. The smallest absolute Gasteiger partial charge is 0.00412 e. The van der Waals surface area contributed by atoms with E-state index >= 15 is 0 Å². The fraction of sp³-hybridized carbons (Fsp3) is 0.600. The molecule has 90 valence electrons. The summed E-state index contributed by atoms with van der Waals surface area (Å²) in [4.78, 5) is 0. The van der Waals surface area contributed by atoms with Gasteiger partial charge >= 0.3 is 0 Å². The molecule has 0 heterocycles. The molecule has 2 unspecified atom stereocenters. The summed E-state index contributed by atoms with van der Waals surface area (Å²) in [5.41, 5.74) is 2.83. The molecule has 0 radical (unpaired) electrons. The van der Waals surface area contributed by atoms with E-state index in [0.29, 0.717) is 6.04 Å². The molecule has 0 aliphatic rings. The van der Waals surface area contributed by atoms with Crippen LogP contribution in [0.5, 0.6) is 0 Å². The molecule has 0 spiro atoms. The lowest BCUT2D eigenvalue weighted by Crippen LogP contribution is -2.27. The number of nitrogens with one attached hydrogen (secondary N) is 1. The average Bonchev–Trinajstić information content (AvgIpc) is 2.17. The van der Waals surface area contributed by atoms with Gasteiger partial charge in [0.05, 0.1) is 0 Å². The van der Waals surface area contributed by atoms with Gasteiger partial charge in [-0.15, -0.1) is 0 Å². The molecule has 0 aliphatic carbocycles. The Bertz CT molecular complexity index is 306. The molecule has 0 saturated carbocycles. The summed E-state index contributed by atoms with van der Waals surface area (Å²) in [6.45, 7) is 10.0. The summed E-state index contributed by atoms with van der Waals surface area (Å²) in [5, 5.41) is 3.47. The first-order valence-corrected chi connectivity index (χ1v) is 6.40. The molecule has 1 N–H and O–H groups in total. The van der Waals surface area contributed by atoms with Crippen LogP contribution in [0.25, 0.3) is 0 Å². The maximum Gasteiger partial charge on any atom is 0.00412 e. The normalized spacial score (nSPS) is 14.8. The van der Waals surface area contributed by atoms with Gasteiger partial charge in [-0.25, -0.2) is 0 Å². The highest BCUT2D eigenvalue weighted by Gasteiger charge is 2.08. The Kier molecular flexibility index (Phi) is 5.54. The van der Waals surface area contributed by atoms with Crippen molar-refractivity contribution in [2.45, 2.75) is 46.6 Å². The first-order valence-electron chi connectivity index (χ1n) is 6.40. The standard InChI is InChI=1S/C15H25N/c1-5-16-14(4)9-13(3)11-15-8-6-7-12(2)10-15/h6-8,10,13-14,16H,5,9,11H2,1-4H3. The van der Waals surface area contributed by atoms with Gasteiger partial charge < -0.3 is 5.32 Å². The molecule has 1 aromatic rings. The van der Waals surface area contributed by atoms with Crippen LogP contribution in [-0.4, -0.2) is 12.6 Å². The fourth-order valence-electron chi connectivity index (χ4n) is 2.36. The van der Waals surface area contributed by atoms with Crippen molar-refractivity contribution in [3.63, 3.8) is 0 Å². The van der Waals surface area contributed by atoms with Crippen molar-refractivity contribution in [3.05, 3.63) is 35.4 Å². The largest absolute Gasteiger partial charge is 0.315 e. The Labute approximate surface area is 100 Å². The Morgan fingerprint density at radius 2 is 2.00 bits per heavy atom. The Hall–Kier alpha value is -0.820. The summed E-state index contributed by atoms with van der Waals surface area (Å²) in [7, 11) is 0. The zero-order valence-electron chi connectivity index (χ0n) is 11.1. The van der Waals surface area contributed by atoms with Crippen molar-refractivity contribution in [2.75, 3.05) is 6.54 Å². The van der Waals surface area contributed by atoms with Gasteiger partial charge in [-0.05, 0) is 44.7 Å². The third-order valence-corrected chi connectivity index (χ3v) is 2.98. The van der Waals surface area contributed by atoms with Crippen LogP contribution in [0.2, 0.25) is 0 Å². The summed E-state index contributed by atoms with van der Waals surface area (Å²) in [6.07, 6.45) is 2.44. The van der Waals surface area contributed by atoms with Crippen LogP contribution in [0.3, 0.4) is 0 Å². The molecule has 0 bridgehead atoms. The molecule has 16 heavy (non-hydrogen) atoms. The molecular weight excluding hydrogens is 194 g/mol. The van der Waals surface area contributed by atoms with Gasteiger partial charge in [0.2, 0.25) is 0 Å². The fourth-order valence-corrected chi connectivity index (χ4v) is 2.36. The second kappa shape index (κ2) is 6.70. The maximum absolute atomic E-state index is 3.47. The SMILES string of the molecule is CCNC(C)CC(C)Cc1cccc(C)c1. The Balaban J connectivity index is 2.42. The van der Waals surface area contributed by atoms with E-state index < -0.39 is 0 Å². The lowest BCUT2D eigenvalue weighted by atomic mass is 9.94. The highest BCUT2D eigenvalue weighted by molar-refractivity contribution is 5.22. The van der Waals surface area contributed by atoms with Gasteiger partial charge in [0.15, 0.2) is 0 Å². The Morgan fingerprint density at radius 3 is 2.62 bits per heavy atom. The highest BCUT2D eigenvalue weighted by atomic mass is 14.9. The number of benzene rings is 1. The van der Waals surface area contributed by atoms with E-state index in [1.807, 2.05) is 0 Å². The number of hydrogen-bond acceptors (Lipinski definition) is 1. The molecule has 0 aliphatic heterocycles. The number of hydrogen-bond donors (Lipinski definition) is 1. The first kappa shape index (κ1) is 13.2. The molecule has 1 rings (SSSR count). The minimum Gasteiger partial charge on any atom is -0.315 e. The molecular formula is C15H25N. The zero-order chi connectivity index (χ0) is 12.0. The molecule has 1 heteroatoms. The Morgan fingerprint density at radius 1 is 1.25 bits per heavy atom. The summed E-state index contributed by atoms with van der Waals surface area (Å²) >= 11 is 0.